The van der Waals surface area contributed by atoms with Crippen molar-refractivity contribution in [3.8, 4) is 0 Å². The van der Waals surface area contributed by atoms with Crippen LogP contribution < -0.4 is 0 Å². The van der Waals surface area contributed by atoms with Crippen LogP contribution >= 0.6 is 0 Å². The summed E-state index contributed by atoms with van der Waals surface area (Å²) in [6.07, 6.45) is 0. The molecule has 0 amide bonds. The lowest BCUT2D eigenvalue weighted by Crippen LogP contribution is -2.26. The molecule has 1 heterocycles. The quantitative estimate of drug-likeness (QED) is 0.776. The topological polar surface area (TPSA) is 33.5 Å². The molecule has 3 nitrogen and oxygen atoms in total. The van der Waals surface area contributed by atoms with E-state index in [-0.39, 0.29) is 17.9 Å². The zero-order chi connectivity index (χ0) is 13.8. The van der Waals surface area contributed by atoms with E-state index >= 15 is 0 Å². The van der Waals surface area contributed by atoms with E-state index in [1.54, 1.807) is 24.1 Å². The van der Waals surface area contributed by atoms with E-state index in [0.29, 0.717) is 6.54 Å². The van der Waals surface area contributed by atoms with Crippen LogP contribution in [0.3, 0.4) is 0 Å². The van der Waals surface area contributed by atoms with Gasteiger partial charge in [0.2, 0.25) is 0 Å². The van der Waals surface area contributed by atoms with Crippen molar-refractivity contribution in [2.45, 2.75) is 13.5 Å². The molecule has 1 aromatic carbocycles. The summed E-state index contributed by atoms with van der Waals surface area (Å²) in [6, 6.07) is 9.78. The molecule has 100 valence electrons. The van der Waals surface area contributed by atoms with Crippen molar-refractivity contribution in [1.82, 2.24) is 4.90 Å². The molecule has 2 rings (SSSR count). The summed E-state index contributed by atoms with van der Waals surface area (Å²) in [4.78, 5) is 13.8. The molecule has 0 aliphatic heterocycles. The number of carbonyl (C=O) groups excluding carboxylic acids is 1. The Morgan fingerprint density at radius 2 is 2.00 bits per heavy atom. The summed E-state index contributed by atoms with van der Waals surface area (Å²) in [7, 11) is 1.80. The zero-order valence-corrected chi connectivity index (χ0v) is 11.0. The molecule has 0 saturated heterocycles. The number of halogens is 1. The lowest BCUT2D eigenvalue weighted by atomic mass is 10.1. The molecule has 0 radical (unpaired) electrons. The number of hydrogen-bond acceptors (Lipinski definition) is 3. The first-order valence-electron chi connectivity index (χ1n) is 6.08. The van der Waals surface area contributed by atoms with Gasteiger partial charge in [-0.05, 0) is 38.2 Å². The van der Waals surface area contributed by atoms with E-state index in [1.165, 1.54) is 12.1 Å². The van der Waals surface area contributed by atoms with E-state index in [1.807, 2.05) is 19.1 Å². The normalized spacial score (nSPS) is 10.9. The molecule has 0 fully saturated rings. The minimum atomic E-state index is -0.477. The standard InChI is InChI=1S/C15H16FNO2/c1-11-7-8-12(19-11)9-17(2)10-15(18)13-5-3-4-6-14(13)16/h3-8H,9-10H2,1-2H3. The van der Waals surface area contributed by atoms with Crippen molar-refractivity contribution in [3.63, 3.8) is 0 Å². The molecule has 0 saturated carbocycles. The highest BCUT2D eigenvalue weighted by molar-refractivity contribution is 5.97. The van der Waals surface area contributed by atoms with Gasteiger partial charge in [-0.15, -0.1) is 0 Å². The van der Waals surface area contributed by atoms with Crippen molar-refractivity contribution in [2.75, 3.05) is 13.6 Å². The van der Waals surface area contributed by atoms with E-state index in [9.17, 15) is 9.18 Å². The predicted molar refractivity (Wildman–Crippen MR) is 70.5 cm³/mol. The average Bonchev–Trinajstić information content (AvgIpc) is 2.74. The molecule has 0 aliphatic carbocycles. The number of ketones is 1. The van der Waals surface area contributed by atoms with Gasteiger partial charge < -0.3 is 4.42 Å². The van der Waals surface area contributed by atoms with Crippen LogP contribution in [0.25, 0.3) is 0 Å². The smallest absolute Gasteiger partial charge is 0.179 e. The summed E-state index contributed by atoms with van der Waals surface area (Å²) in [5, 5.41) is 0. The van der Waals surface area contributed by atoms with Gasteiger partial charge in [0.1, 0.15) is 17.3 Å². The number of Topliss-reactive ketones (excluding diaryl/α,β-unsaturated/α-hetero) is 1. The van der Waals surface area contributed by atoms with Gasteiger partial charge in [-0.25, -0.2) is 4.39 Å². The number of carbonyl (C=O) groups is 1. The van der Waals surface area contributed by atoms with Crippen LogP contribution in [0.5, 0.6) is 0 Å². The predicted octanol–water partition coefficient (Wildman–Crippen LogP) is 3.04. The first-order valence-corrected chi connectivity index (χ1v) is 6.08. The van der Waals surface area contributed by atoms with Crippen LogP contribution in [-0.2, 0) is 6.54 Å². The van der Waals surface area contributed by atoms with Crippen LogP contribution in [0, 0.1) is 12.7 Å². The van der Waals surface area contributed by atoms with Crippen LogP contribution in [-0.4, -0.2) is 24.3 Å². The molecule has 4 heteroatoms. The highest BCUT2D eigenvalue weighted by Crippen LogP contribution is 2.11. The molecule has 0 unspecified atom stereocenters. The van der Waals surface area contributed by atoms with E-state index in [2.05, 4.69) is 0 Å². The Balaban J connectivity index is 1.97. The first kappa shape index (κ1) is 13.5. The third-order valence-electron chi connectivity index (χ3n) is 2.81. The molecule has 0 atom stereocenters. The molecule has 1 aromatic heterocycles. The van der Waals surface area contributed by atoms with Gasteiger partial charge in [-0.1, -0.05) is 12.1 Å². The van der Waals surface area contributed by atoms with Gasteiger partial charge in [0.05, 0.1) is 18.7 Å². The first-order chi connectivity index (χ1) is 9.06. The number of hydrogen-bond donors (Lipinski definition) is 0. The fourth-order valence-electron chi connectivity index (χ4n) is 1.91. The zero-order valence-electron chi connectivity index (χ0n) is 11.0. The maximum Gasteiger partial charge on any atom is 0.179 e. The fourth-order valence-corrected chi connectivity index (χ4v) is 1.91. The third-order valence-corrected chi connectivity index (χ3v) is 2.81. The van der Waals surface area contributed by atoms with Crippen molar-refractivity contribution < 1.29 is 13.6 Å². The summed E-state index contributed by atoms with van der Waals surface area (Å²) in [6.45, 7) is 2.54. The third kappa shape index (κ3) is 3.51. The monoisotopic (exact) mass is 261 g/mol. The van der Waals surface area contributed by atoms with E-state index in [4.69, 9.17) is 4.42 Å². The van der Waals surface area contributed by atoms with E-state index < -0.39 is 5.82 Å². The molecule has 2 aromatic rings. The molecule has 19 heavy (non-hydrogen) atoms. The average molecular weight is 261 g/mol. The fraction of sp³-hybridized carbons (Fsp3) is 0.267. The molecular formula is C15H16FNO2. The second-order valence-corrected chi connectivity index (χ2v) is 4.59. The summed E-state index contributed by atoms with van der Waals surface area (Å²) >= 11 is 0. The van der Waals surface area contributed by atoms with Crippen molar-refractivity contribution in [3.05, 3.63) is 59.3 Å². The Kier molecular flexibility index (Phi) is 4.12. The van der Waals surface area contributed by atoms with Crippen molar-refractivity contribution >= 4 is 5.78 Å². The number of furan rings is 1. The molecule has 0 N–H and O–H groups in total. The van der Waals surface area contributed by atoms with Gasteiger partial charge in [0, 0.05) is 0 Å². The lowest BCUT2D eigenvalue weighted by molar-refractivity contribution is 0.0935. The Morgan fingerprint density at radius 3 is 2.63 bits per heavy atom. The van der Waals surface area contributed by atoms with Gasteiger partial charge in [-0.3, -0.25) is 9.69 Å². The van der Waals surface area contributed by atoms with Crippen molar-refractivity contribution in [2.24, 2.45) is 0 Å². The molecule has 0 aliphatic rings. The Hall–Kier alpha value is -1.94. The van der Waals surface area contributed by atoms with Gasteiger partial charge >= 0.3 is 0 Å². The molecule has 0 spiro atoms. The lowest BCUT2D eigenvalue weighted by Gasteiger charge is -2.14. The summed E-state index contributed by atoms with van der Waals surface area (Å²) in [5.74, 6) is 0.920. The second kappa shape index (κ2) is 5.80. The van der Waals surface area contributed by atoms with Crippen LogP contribution in [0.2, 0.25) is 0 Å². The maximum atomic E-state index is 13.5. The van der Waals surface area contributed by atoms with Crippen LogP contribution in [0.15, 0.2) is 40.8 Å². The number of benzene rings is 1. The maximum absolute atomic E-state index is 13.5. The number of aryl methyl sites for hydroxylation is 1. The number of likely N-dealkylation sites (N-methyl/N-ethyl adjacent to an activating group) is 1. The van der Waals surface area contributed by atoms with Gasteiger partial charge in [0.15, 0.2) is 5.78 Å². The highest BCUT2D eigenvalue weighted by atomic mass is 19.1. The Bertz CT molecular complexity index is 577. The van der Waals surface area contributed by atoms with Crippen molar-refractivity contribution in [1.29, 1.82) is 0 Å². The Labute approximate surface area is 111 Å². The SMILES string of the molecule is Cc1ccc(CN(C)CC(=O)c2ccccc2F)o1. The van der Waals surface area contributed by atoms with Crippen LogP contribution in [0.4, 0.5) is 4.39 Å². The Morgan fingerprint density at radius 1 is 1.26 bits per heavy atom. The number of nitrogens with zero attached hydrogens (tertiary/aromatic N) is 1. The van der Waals surface area contributed by atoms with E-state index in [0.717, 1.165) is 11.5 Å². The highest BCUT2D eigenvalue weighted by Gasteiger charge is 2.14. The molecule has 0 bridgehead atoms. The minimum Gasteiger partial charge on any atom is -0.465 e. The largest absolute Gasteiger partial charge is 0.465 e. The summed E-state index contributed by atoms with van der Waals surface area (Å²) < 4.78 is 18.9. The van der Waals surface area contributed by atoms with Crippen LogP contribution in [0.1, 0.15) is 21.9 Å². The van der Waals surface area contributed by atoms with Gasteiger partial charge in [-0.2, -0.15) is 0 Å². The minimum absolute atomic E-state index is 0.130. The number of rotatable bonds is 5. The second-order valence-electron chi connectivity index (χ2n) is 4.59. The summed E-state index contributed by atoms with van der Waals surface area (Å²) in [5.41, 5.74) is 0.130. The van der Waals surface area contributed by atoms with Gasteiger partial charge in [0.25, 0.3) is 0 Å². The molecular weight excluding hydrogens is 245 g/mol.